The maximum atomic E-state index is 12.1. The molecule has 0 fully saturated rings. The molecule has 9 heteroatoms. The highest BCUT2D eigenvalue weighted by molar-refractivity contribution is 5.99. The number of nitro groups is 1. The van der Waals surface area contributed by atoms with Crippen molar-refractivity contribution in [1.29, 1.82) is 0 Å². The van der Waals surface area contributed by atoms with E-state index in [9.17, 15) is 14.9 Å². The van der Waals surface area contributed by atoms with Crippen LogP contribution < -0.4 is 11.0 Å². The fraction of sp³-hybridized carbons (Fsp3) is 0.111. The van der Waals surface area contributed by atoms with Gasteiger partial charge in [0.2, 0.25) is 5.95 Å². The first-order valence-electron chi connectivity index (χ1n) is 8.08. The van der Waals surface area contributed by atoms with Crippen molar-refractivity contribution in [2.75, 3.05) is 5.43 Å². The minimum Gasteiger partial charge on any atom is -0.288 e. The van der Waals surface area contributed by atoms with Crippen molar-refractivity contribution in [3.8, 4) is 0 Å². The van der Waals surface area contributed by atoms with Crippen LogP contribution >= 0.6 is 0 Å². The van der Waals surface area contributed by atoms with E-state index >= 15 is 0 Å². The van der Waals surface area contributed by atoms with Crippen LogP contribution in [0.15, 0.2) is 64.5 Å². The lowest BCUT2D eigenvalue weighted by molar-refractivity contribution is -0.384. The van der Waals surface area contributed by atoms with E-state index in [1.165, 1.54) is 12.1 Å². The van der Waals surface area contributed by atoms with Crippen molar-refractivity contribution in [1.82, 2.24) is 15.2 Å². The summed E-state index contributed by atoms with van der Waals surface area (Å²) >= 11 is 0. The first-order valence-corrected chi connectivity index (χ1v) is 8.08. The molecule has 136 valence electrons. The number of nitrogens with zero attached hydrogens (tertiary/aromatic N) is 4. The molecule has 0 spiro atoms. The van der Waals surface area contributed by atoms with Crippen molar-refractivity contribution in [2.45, 2.75) is 13.3 Å². The number of H-pyrrole nitrogens is 1. The lowest BCUT2D eigenvalue weighted by Crippen LogP contribution is -2.19. The Balaban J connectivity index is 1.70. The zero-order chi connectivity index (χ0) is 19.2. The van der Waals surface area contributed by atoms with Crippen LogP contribution in [0.4, 0.5) is 11.6 Å². The molecule has 1 aromatic heterocycles. The van der Waals surface area contributed by atoms with E-state index in [0.717, 1.165) is 5.56 Å². The predicted molar refractivity (Wildman–Crippen MR) is 101 cm³/mol. The summed E-state index contributed by atoms with van der Waals surface area (Å²) < 4.78 is 0. The van der Waals surface area contributed by atoms with Gasteiger partial charge in [-0.15, -0.1) is 10.2 Å². The number of anilines is 1. The Labute approximate surface area is 153 Å². The summed E-state index contributed by atoms with van der Waals surface area (Å²) in [5.41, 5.74) is 4.83. The topological polar surface area (TPSA) is 126 Å². The van der Waals surface area contributed by atoms with Gasteiger partial charge in [-0.2, -0.15) is 5.10 Å². The molecule has 3 rings (SSSR count). The average molecular weight is 364 g/mol. The molecule has 0 atom stereocenters. The van der Waals surface area contributed by atoms with Gasteiger partial charge in [-0.05, 0) is 30.2 Å². The zero-order valence-corrected chi connectivity index (χ0v) is 14.4. The summed E-state index contributed by atoms with van der Waals surface area (Å²) in [6, 6.07) is 15.5. The van der Waals surface area contributed by atoms with Gasteiger partial charge in [0.15, 0.2) is 0 Å². The average Bonchev–Trinajstić information content (AvgIpc) is 2.69. The first kappa shape index (κ1) is 17.9. The largest absolute Gasteiger partial charge is 0.288 e. The first-order chi connectivity index (χ1) is 13.0. The fourth-order valence-corrected chi connectivity index (χ4v) is 2.34. The molecule has 0 saturated heterocycles. The van der Waals surface area contributed by atoms with Crippen molar-refractivity contribution >= 4 is 17.3 Å². The lowest BCUT2D eigenvalue weighted by atomic mass is 10.1. The Bertz CT molecular complexity index is 1030. The predicted octanol–water partition coefficient (Wildman–Crippen LogP) is 2.50. The van der Waals surface area contributed by atoms with E-state index in [2.05, 4.69) is 25.7 Å². The van der Waals surface area contributed by atoms with Crippen LogP contribution in [0.25, 0.3) is 0 Å². The molecule has 0 bridgehead atoms. The van der Waals surface area contributed by atoms with Crippen LogP contribution in [-0.4, -0.2) is 25.8 Å². The molecule has 0 amide bonds. The number of nitrogens with one attached hydrogen (secondary N) is 2. The molecule has 0 unspecified atom stereocenters. The molecule has 3 aromatic rings. The Hall–Kier alpha value is -3.88. The van der Waals surface area contributed by atoms with E-state index in [4.69, 9.17) is 0 Å². The molecule has 1 heterocycles. The molecule has 0 radical (unpaired) electrons. The van der Waals surface area contributed by atoms with Gasteiger partial charge in [0.05, 0.1) is 10.6 Å². The number of aromatic amines is 1. The highest BCUT2D eigenvalue weighted by Gasteiger charge is 2.07. The normalized spacial score (nSPS) is 11.2. The van der Waals surface area contributed by atoms with Gasteiger partial charge >= 0.3 is 0 Å². The van der Waals surface area contributed by atoms with E-state index < -0.39 is 4.92 Å². The molecule has 0 aliphatic carbocycles. The van der Waals surface area contributed by atoms with E-state index in [1.54, 1.807) is 19.1 Å². The second kappa shape index (κ2) is 8.00. The number of hydrazone groups is 1. The quantitative estimate of drug-likeness (QED) is 0.393. The highest BCUT2D eigenvalue weighted by atomic mass is 16.6. The number of nitro benzene ring substituents is 1. The highest BCUT2D eigenvalue weighted by Crippen LogP contribution is 2.12. The third-order valence-corrected chi connectivity index (χ3v) is 3.80. The number of aromatic nitrogens is 3. The van der Waals surface area contributed by atoms with E-state index in [-0.39, 0.29) is 17.2 Å². The summed E-state index contributed by atoms with van der Waals surface area (Å²) in [5, 5.41) is 22.7. The van der Waals surface area contributed by atoms with Gasteiger partial charge < -0.3 is 0 Å². The Morgan fingerprint density at radius 2 is 1.85 bits per heavy atom. The van der Waals surface area contributed by atoms with Gasteiger partial charge in [-0.3, -0.25) is 19.9 Å². The second-order valence-electron chi connectivity index (χ2n) is 5.72. The monoisotopic (exact) mass is 364 g/mol. The van der Waals surface area contributed by atoms with Crippen LogP contribution in [-0.2, 0) is 6.42 Å². The Morgan fingerprint density at radius 3 is 2.48 bits per heavy atom. The van der Waals surface area contributed by atoms with E-state index in [0.29, 0.717) is 23.4 Å². The lowest BCUT2D eigenvalue weighted by Gasteiger charge is -2.04. The minimum absolute atomic E-state index is 0.00344. The summed E-state index contributed by atoms with van der Waals surface area (Å²) in [7, 11) is 0. The number of rotatable bonds is 6. The number of hydrogen-bond acceptors (Lipinski definition) is 7. The van der Waals surface area contributed by atoms with Crippen LogP contribution in [0.5, 0.6) is 0 Å². The van der Waals surface area contributed by atoms with Crippen molar-refractivity contribution < 1.29 is 4.92 Å². The van der Waals surface area contributed by atoms with Gasteiger partial charge in [0.1, 0.15) is 5.69 Å². The summed E-state index contributed by atoms with van der Waals surface area (Å²) in [6.45, 7) is 1.73. The Kier molecular flexibility index (Phi) is 5.31. The molecule has 27 heavy (non-hydrogen) atoms. The fourth-order valence-electron chi connectivity index (χ4n) is 2.34. The number of non-ortho nitro benzene ring substituents is 1. The molecular weight excluding hydrogens is 348 g/mol. The number of benzene rings is 2. The van der Waals surface area contributed by atoms with Gasteiger partial charge in [0, 0.05) is 18.6 Å². The number of hydrogen-bond donors (Lipinski definition) is 2. The van der Waals surface area contributed by atoms with Crippen LogP contribution in [0.1, 0.15) is 23.7 Å². The molecule has 0 aliphatic heterocycles. The van der Waals surface area contributed by atoms with Crippen LogP contribution in [0.3, 0.4) is 0 Å². The molecule has 2 aromatic carbocycles. The minimum atomic E-state index is -0.466. The van der Waals surface area contributed by atoms with Crippen molar-refractivity contribution in [3.63, 3.8) is 0 Å². The smallest absolute Gasteiger partial charge is 0.274 e. The van der Waals surface area contributed by atoms with Gasteiger partial charge in [0.25, 0.3) is 11.2 Å². The zero-order valence-electron chi connectivity index (χ0n) is 14.4. The molecular formula is C18H16N6O3. The SMILES string of the molecule is C/C(=N/Nc1nnc(Cc2ccccc2)c(=O)[nH]1)c1ccc([N+](=O)[O-])cc1. The third kappa shape index (κ3) is 4.60. The molecule has 0 saturated carbocycles. The van der Waals surface area contributed by atoms with Gasteiger partial charge in [-0.1, -0.05) is 30.3 Å². The summed E-state index contributed by atoms with van der Waals surface area (Å²) in [6.07, 6.45) is 0.383. The van der Waals surface area contributed by atoms with Crippen LogP contribution in [0.2, 0.25) is 0 Å². The molecule has 9 nitrogen and oxygen atoms in total. The maximum Gasteiger partial charge on any atom is 0.274 e. The molecule has 2 N–H and O–H groups in total. The van der Waals surface area contributed by atoms with Gasteiger partial charge in [-0.25, -0.2) is 5.43 Å². The molecule has 0 aliphatic rings. The van der Waals surface area contributed by atoms with Crippen LogP contribution in [0, 0.1) is 10.1 Å². The van der Waals surface area contributed by atoms with Crippen molar-refractivity contribution in [2.24, 2.45) is 5.10 Å². The standard InChI is InChI=1S/C18H16N6O3/c1-12(14-7-9-15(10-8-14)24(26)27)20-22-18-19-17(25)16(21-23-18)11-13-5-3-2-4-6-13/h2-10H,11H2,1H3,(H2,19,22,23,25)/b20-12-. The maximum absolute atomic E-state index is 12.1. The summed E-state index contributed by atoms with van der Waals surface area (Å²) in [5.74, 6) is 0.109. The second-order valence-corrected chi connectivity index (χ2v) is 5.72. The van der Waals surface area contributed by atoms with Crippen molar-refractivity contribution in [3.05, 3.63) is 91.9 Å². The Morgan fingerprint density at radius 1 is 1.15 bits per heavy atom. The van der Waals surface area contributed by atoms with E-state index in [1.807, 2.05) is 30.3 Å². The summed E-state index contributed by atoms with van der Waals surface area (Å²) in [4.78, 5) is 25.0. The third-order valence-electron chi connectivity index (χ3n) is 3.80.